The first-order chi connectivity index (χ1) is 15.4. The lowest BCUT2D eigenvalue weighted by Crippen LogP contribution is -2.32. The third kappa shape index (κ3) is 2.69. The van der Waals surface area contributed by atoms with Crippen molar-refractivity contribution in [1.82, 2.24) is 0 Å². The third-order valence-corrected chi connectivity index (χ3v) is 6.98. The minimum atomic E-state index is 0.637. The summed E-state index contributed by atoms with van der Waals surface area (Å²) in [6.45, 7) is 9.01. The summed E-state index contributed by atoms with van der Waals surface area (Å²) >= 11 is 0. The van der Waals surface area contributed by atoms with Gasteiger partial charge in [-0.25, -0.2) is 4.57 Å². The summed E-state index contributed by atoms with van der Waals surface area (Å²) in [6.07, 6.45) is 5.68. The number of aryl methyl sites for hydroxylation is 2. The molecule has 2 aromatic heterocycles. The van der Waals surface area contributed by atoms with E-state index in [4.69, 9.17) is 4.42 Å². The van der Waals surface area contributed by atoms with Crippen LogP contribution in [0.3, 0.4) is 0 Å². The number of nitrogens with zero attached hydrogens (tertiary/aromatic N) is 1. The lowest BCUT2D eigenvalue weighted by atomic mass is 9.92. The van der Waals surface area contributed by atoms with Crippen LogP contribution in [0.15, 0.2) is 59.1 Å². The number of furan rings is 1. The number of rotatable bonds is 3. The van der Waals surface area contributed by atoms with Crippen LogP contribution in [0, 0.1) is 19.8 Å². The van der Waals surface area contributed by atoms with Gasteiger partial charge in [0, 0.05) is 22.4 Å². The van der Waals surface area contributed by atoms with E-state index in [1.54, 1.807) is 0 Å². The number of para-hydroxylation sites is 1. The Labute approximate surface area is 188 Å². The molecule has 0 saturated heterocycles. The quantitative estimate of drug-likeness (QED) is 0.276. The molecule has 0 spiro atoms. The second kappa shape index (κ2) is 6.80. The van der Waals surface area contributed by atoms with Gasteiger partial charge in [-0.05, 0) is 72.0 Å². The van der Waals surface area contributed by atoms with Gasteiger partial charge in [0.05, 0.1) is 11.0 Å². The molecule has 0 N–H and O–H groups in total. The lowest BCUT2D eigenvalue weighted by Gasteiger charge is -2.11. The van der Waals surface area contributed by atoms with Gasteiger partial charge < -0.3 is 4.42 Å². The molecule has 1 aliphatic rings. The molecule has 6 rings (SSSR count). The second-order valence-corrected chi connectivity index (χ2v) is 9.75. The highest BCUT2D eigenvalue weighted by Gasteiger charge is 2.30. The van der Waals surface area contributed by atoms with Crippen LogP contribution >= 0.6 is 0 Å². The van der Waals surface area contributed by atoms with Crippen molar-refractivity contribution >= 4 is 44.4 Å². The van der Waals surface area contributed by atoms with Gasteiger partial charge in [0.15, 0.2) is 6.20 Å². The normalized spacial score (nSPS) is 13.1. The first-order valence-electron chi connectivity index (χ1n) is 11.5. The Morgan fingerprint density at radius 2 is 1.78 bits per heavy atom. The highest BCUT2D eigenvalue weighted by atomic mass is 16.3. The Bertz CT molecular complexity index is 1600. The molecule has 0 aliphatic heterocycles. The van der Waals surface area contributed by atoms with Gasteiger partial charge in [0.1, 0.15) is 18.2 Å². The summed E-state index contributed by atoms with van der Waals surface area (Å²) in [5.41, 5.74) is 11.0. The van der Waals surface area contributed by atoms with Crippen LogP contribution in [0.5, 0.6) is 0 Å². The van der Waals surface area contributed by atoms with Crippen LogP contribution in [-0.4, -0.2) is 0 Å². The average Bonchev–Trinajstić information content (AvgIpc) is 3.30. The van der Waals surface area contributed by atoms with Gasteiger partial charge >= 0.3 is 0 Å². The third-order valence-electron chi connectivity index (χ3n) is 6.98. The molecule has 0 atom stereocenters. The molecule has 0 unspecified atom stereocenters. The summed E-state index contributed by atoms with van der Waals surface area (Å²) in [6, 6.07) is 17.7. The molecular formula is C30H28NO+. The Morgan fingerprint density at radius 3 is 2.59 bits per heavy atom. The fourth-order valence-corrected chi connectivity index (χ4v) is 5.45. The van der Waals surface area contributed by atoms with E-state index in [2.05, 4.69) is 94.0 Å². The van der Waals surface area contributed by atoms with Gasteiger partial charge in [0.25, 0.3) is 0 Å². The summed E-state index contributed by atoms with van der Waals surface area (Å²) in [5.74, 6) is 0.637. The van der Waals surface area contributed by atoms with Gasteiger partial charge in [-0.2, -0.15) is 0 Å². The van der Waals surface area contributed by atoms with Crippen molar-refractivity contribution in [3.05, 3.63) is 88.2 Å². The van der Waals surface area contributed by atoms with Gasteiger partial charge in [-0.3, -0.25) is 0 Å². The zero-order valence-electron chi connectivity index (χ0n) is 19.4. The summed E-state index contributed by atoms with van der Waals surface area (Å²) in [4.78, 5) is 0. The van der Waals surface area contributed by atoms with E-state index in [0.29, 0.717) is 5.92 Å². The molecule has 5 aromatic rings. The van der Waals surface area contributed by atoms with Crippen LogP contribution in [-0.2, 0) is 13.5 Å². The largest absolute Gasteiger partial charge is 0.455 e. The van der Waals surface area contributed by atoms with Crippen molar-refractivity contribution in [1.29, 1.82) is 0 Å². The molecule has 2 nitrogen and oxygen atoms in total. The summed E-state index contributed by atoms with van der Waals surface area (Å²) in [5, 5.41) is 5.06. The number of hydrogen-bond donors (Lipinski definition) is 0. The van der Waals surface area contributed by atoms with Crippen molar-refractivity contribution < 1.29 is 8.98 Å². The SMILES string of the molecule is Cc1cc2c(oc3ccccc32)c(C2=Cc3cc(CC(C)C)cc4cc[n+](C)c2c34)c1C. The summed E-state index contributed by atoms with van der Waals surface area (Å²) in [7, 11) is 2.15. The van der Waals surface area contributed by atoms with Crippen molar-refractivity contribution in [2.75, 3.05) is 0 Å². The first kappa shape index (κ1) is 19.3. The molecule has 0 amide bonds. The molecule has 2 heterocycles. The van der Waals surface area contributed by atoms with E-state index in [-0.39, 0.29) is 0 Å². The van der Waals surface area contributed by atoms with Crippen LogP contribution in [0.2, 0.25) is 0 Å². The van der Waals surface area contributed by atoms with Crippen LogP contribution < -0.4 is 4.57 Å². The van der Waals surface area contributed by atoms with Crippen molar-refractivity contribution in [3.8, 4) is 0 Å². The standard InChI is InChI=1S/C30H28NO/c1-17(2)12-20-14-21-10-11-31(5)29-25(16-22(15-20)28(21)29)27-19(4)18(3)13-24-23-8-6-7-9-26(23)32-30(24)27/h6-11,13-17H,12H2,1-5H3/q+1. The molecule has 3 aromatic carbocycles. The fourth-order valence-electron chi connectivity index (χ4n) is 5.45. The maximum Gasteiger partial charge on any atom is 0.221 e. The van der Waals surface area contributed by atoms with E-state index in [9.17, 15) is 0 Å². The average molecular weight is 419 g/mol. The van der Waals surface area contributed by atoms with Crippen LogP contribution in [0.25, 0.3) is 44.4 Å². The lowest BCUT2D eigenvalue weighted by molar-refractivity contribution is -0.672. The van der Waals surface area contributed by atoms with Crippen molar-refractivity contribution in [2.24, 2.45) is 13.0 Å². The topological polar surface area (TPSA) is 17.0 Å². The van der Waals surface area contributed by atoms with Crippen LogP contribution in [0.4, 0.5) is 0 Å². The highest BCUT2D eigenvalue weighted by molar-refractivity contribution is 6.17. The predicted molar refractivity (Wildman–Crippen MR) is 134 cm³/mol. The van der Waals surface area contributed by atoms with Crippen molar-refractivity contribution in [3.63, 3.8) is 0 Å². The number of aromatic nitrogens is 1. The van der Waals surface area contributed by atoms with Crippen LogP contribution in [0.1, 0.15) is 47.4 Å². The predicted octanol–water partition coefficient (Wildman–Crippen LogP) is 7.28. The maximum atomic E-state index is 6.49. The van der Waals surface area contributed by atoms with E-state index < -0.39 is 0 Å². The molecule has 158 valence electrons. The Kier molecular flexibility index (Phi) is 4.10. The Balaban J connectivity index is 1.69. The molecular weight excluding hydrogens is 390 g/mol. The van der Waals surface area contributed by atoms with E-state index in [1.165, 1.54) is 60.6 Å². The fraction of sp³-hybridized carbons (Fsp3) is 0.233. The van der Waals surface area contributed by atoms with E-state index >= 15 is 0 Å². The monoisotopic (exact) mass is 418 g/mol. The molecule has 32 heavy (non-hydrogen) atoms. The van der Waals surface area contributed by atoms with Gasteiger partial charge in [0.2, 0.25) is 5.69 Å². The van der Waals surface area contributed by atoms with E-state index in [0.717, 1.165) is 17.6 Å². The molecule has 0 saturated carbocycles. The zero-order valence-corrected chi connectivity index (χ0v) is 19.4. The Hall–Kier alpha value is -3.39. The van der Waals surface area contributed by atoms with Gasteiger partial charge in [-0.1, -0.05) is 44.2 Å². The van der Waals surface area contributed by atoms with Gasteiger partial charge in [-0.15, -0.1) is 0 Å². The highest BCUT2D eigenvalue weighted by Crippen LogP contribution is 2.44. The molecule has 0 fully saturated rings. The Morgan fingerprint density at radius 1 is 0.969 bits per heavy atom. The molecule has 1 aliphatic carbocycles. The maximum absolute atomic E-state index is 6.49. The summed E-state index contributed by atoms with van der Waals surface area (Å²) < 4.78 is 8.76. The van der Waals surface area contributed by atoms with E-state index in [1.807, 2.05) is 6.07 Å². The number of hydrogen-bond acceptors (Lipinski definition) is 1. The number of benzene rings is 3. The van der Waals surface area contributed by atoms with Crippen molar-refractivity contribution in [2.45, 2.75) is 34.1 Å². The second-order valence-electron chi connectivity index (χ2n) is 9.75. The number of pyridine rings is 1. The molecule has 0 radical (unpaired) electrons. The first-order valence-corrected chi connectivity index (χ1v) is 11.5. The smallest absolute Gasteiger partial charge is 0.221 e. The minimum Gasteiger partial charge on any atom is -0.455 e. The zero-order chi connectivity index (χ0) is 22.1. The molecule has 0 bridgehead atoms. The number of fused-ring (bicyclic) bond motifs is 3. The molecule has 2 heteroatoms. The minimum absolute atomic E-state index is 0.637.